The number of nitrogens with two attached hydrogens (primary N) is 1. The van der Waals surface area contributed by atoms with Gasteiger partial charge in [0.05, 0.1) is 23.1 Å². The zero-order valence-electron chi connectivity index (χ0n) is 22.9. The van der Waals surface area contributed by atoms with Crippen LogP contribution < -0.4 is 11.1 Å². The van der Waals surface area contributed by atoms with E-state index in [-0.39, 0.29) is 17.9 Å². The van der Waals surface area contributed by atoms with E-state index < -0.39 is 0 Å². The van der Waals surface area contributed by atoms with Crippen LogP contribution in [-0.4, -0.2) is 80.1 Å². The maximum absolute atomic E-state index is 12.8. The molecule has 3 aromatic heterocycles. The van der Waals surface area contributed by atoms with Crippen LogP contribution in [0.2, 0.25) is 0 Å². The van der Waals surface area contributed by atoms with Crippen molar-refractivity contribution in [2.75, 3.05) is 44.8 Å². The first-order valence-corrected chi connectivity index (χ1v) is 13.2. The highest BCUT2D eigenvalue weighted by atomic mass is 16.2. The fraction of sp³-hybridized carbons (Fsp3) is 0.276. The van der Waals surface area contributed by atoms with Crippen molar-refractivity contribution in [2.45, 2.75) is 18.9 Å². The van der Waals surface area contributed by atoms with Crippen molar-refractivity contribution in [1.82, 2.24) is 34.5 Å². The fourth-order valence-electron chi connectivity index (χ4n) is 4.81. The Labute approximate surface area is 237 Å². The van der Waals surface area contributed by atoms with Crippen molar-refractivity contribution in [3.8, 4) is 17.3 Å². The van der Waals surface area contributed by atoms with E-state index in [9.17, 15) is 9.59 Å². The molecule has 0 saturated carbocycles. The number of carbonyl (C=O) groups is 2. The number of hydrogen-bond acceptors (Lipinski definition) is 9. The van der Waals surface area contributed by atoms with Crippen molar-refractivity contribution in [1.29, 1.82) is 5.26 Å². The molecule has 208 valence electrons. The third kappa shape index (κ3) is 6.05. The Morgan fingerprint density at radius 3 is 2.76 bits per heavy atom. The van der Waals surface area contributed by atoms with E-state index in [1.165, 1.54) is 18.6 Å². The minimum atomic E-state index is -0.357. The smallest absolute Gasteiger partial charge is 0.256 e. The van der Waals surface area contributed by atoms with Gasteiger partial charge in [-0.2, -0.15) is 10.4 Å². The number of fused-ring (bicyclic) bond motifs is 1. The summed E-state index contributed by atoms with van der Waals surface area (Å²) in [5.74, 6) is 0.215. The topological polar surface area (TPSA) is 159 Å². The van der Waals surface area contributed by atoms with E-state index in [4.69, 9.17) is 16.1 Å². The van der Waals surface area contributed by atoms with Crippen LogP contribution in [0.3, 0.4) is 0 Å². The first-order valence-electron chi connectivity index (χ1n) is 13.2. The van der Waals surface area contributed by atoms with E-state index in [1.54, 1.807) is 36.4 Å². The summed E-state index contributed by atoms with van der Waals surface area (Å²) in [6.07, 6.45) is 8.05. The van der Waals surface area contributed by atoms with E-state index in [0.717, 1.165) is 18.4 Å². The van der Waals surface area contributed by atoms with Gasteiger partial charge in [-0.3, -0.25) is 9.59 Å². The van der Waals surface area contributed by atoms with Crippen molar-refractivity contribution in [2.24, 2.45) is 0 Å². The third-order valence-electron chi connectivity index (χ3n) is 6.85. The fourth-order valence-corrected chi connectivity index (χ4v) is 4.81. The summed E-state index contributed by atoms with van der Waals surface area (Å²) in [6.45, 7) is 1.88. The number of anilines is 2. The quantitative estimate of drug-likeness (QED) is 0.330. The van der Waals surface area contributed by atoms with Gasteiger partial charge in [-0.25, -0.2) is 19.6 Å². The Balaban J connectivity index is 1.40. The molecule has 3 N–H and O–H groups in total. The Bertz CT molecular complexity index is 1650. The monoisotopic (exact) mass is 550 g/mol. The van der Waals surface area contributed by atoms with Gasteiger partial charge in [0.15, 0.2) is 5.65 Å². The average molecular weight is 551 g/mol. The number of nitriles is 1. The first-order chi connectivity index (χ1) is 19.8. The number of carbonyl (C=O) groups excluding carboxylic acids is 2. The van der Waals surface area contributed by atoms with Gasteiger partial charge in [0.1, 0.15) is 23.7 Å². The second-order valence-corrected chi connectivity index (χ2v) is 10.1. The normalized spacial score (nSPS) is 15.4. The van der Waals surface area contributed by atoms with Gasteiger partial charge in [0, 0.05) is 43.0 Å². The Kier molecular flexibility index (Phi) is 7.98. The van der Waals surface area contributed by atoms with Crippen LogP contribution >= 0.6 is 0 Å². The number of likely N-dealkylation sites (tertiary alicyclic amines) is 1. The summed E-state index contributed by atoms with van der Waals surface area (Å²) in [5, 5.41) is 17.3. The van der Waals surface area contributed by atoms with E-state index >= 15 is 0 Å². The minimum absolute atomic E-state index is 0.0224. The highest BCUT2D eigenvalue weighted by molar-refractivity contribution is 6.04. The second-order valence-electron chi connectivity index (χ2n) is 10.1. The highest BCUT2D eigenvalue weighted by Gasteiger charge is 2.28. The molecule has 1 saturated heterocycles. The van der Waals surface area contributed by atoms with E-state index in [1.807, 2.05) is 40.7 Å². The van der Waals surface area contributed by atoms with Gasteiger partial charge in [-0.1, -0.05) is 18.2 Å². The summed E-state index contributed by atoms with van der Waals surface area (Å²) < 4.78 is 1.85. The third-order valence-corrected chi connectivity index (χ3v) is 6.85. The van der Waals surface area contributed by atoms with Crippen LogP contribution in [-0.2, 0) is 4.79 Å². The number of rotatable bonds is 7. The molecule has 0 spiro atoms. The number of hydrogen-bond donors (Lipinski definition) is 2. The number of piperidine rings is 1. The molecular formula is C29H30N10O2. The first kappa shape index (κ1) is 27.4. The SMILES string of the molecule is CN(C)CC=CC(=O)N1CCCC(n2nc(-c3ccc(C(=O)Nc4cc(C#N)ccn4)cc3)c3c(N)ncnc32)C1. The van der Waals surface area contributed by atoms with Gasteiger partial charge in [0.25, 0.3) is 5.91 Å². The minimum Gasteiger partial charge on any atom is -0.383 e. The van der Waals surface area contributed by atoms with Crippen molar-refractivity contribution in [3.63, 3.8) is 0 Å². The lowest BCUT2D eigenvalue weighted by atomic mass is 10.1. The number of benzene rings is 1. The van der Waals surface area contributed by atoms with Crippen LogP contribution in [0, 0.1) is 11.3 Å². The molecule has 0 aliphatic carbocycles. The van der Waals surface area contributed by atoms with Crippen molar-refractivity contribution in [3.05, 3.63) is 72.2 Å². The van der Waals surface area contributed by atoms with Crippen molar-refractivity contribution >= 4 is 34.5 Å². The molecule has 1 atom stereocenters. The number of pyridine rings is 1. The van der Waals surface area contributed by atoms with Crippen LogP contribution in [0.5, 0.6) is 0 Å². The number of nitrogens with zero attached hydrogens (tertiary/aromatic N) is 8. The maximum Gasteiger partial charge on any atom is 0.256 e. The zero-order chi connectivity index (χ0) is 28.9. The van der Waals surface area contributed by atoms with Gasteiger partial charge in [-0.05, 0) is 51.2 Å². The van der Waals surface area contributed by atoms with Gasteiger partial charge in [0.2, 0.25) is 5.91 Å². The lowest BCUT2D eigenvalue weighted by Gasteiger charge is -2.32. The average Bonchev–Trinajstić information content (AvgIpc) is 3.38. The zero-order valence-corrected chi connectivity index (χ0v) is 22.9. The summed E-state index contributed by atoms with van der Waals surface area (Å²) in [5.41, 5.74) is 9.06. The molecule has 12 nitrogen and oxygen atoms in total. The van der Waals surface area contributed by atoms with Crippen LogP contribution in [0.15, 0.2) is 61.1 Å². The predicted octanol–water partition coefficient (Wildman–Crippen LogP) is 2.88. The Morgan fingerprint density at radius 2 is 2.00 bits per heavy atom. The Morgan fingerprint density at radius 1 is 1.20 bits per heavy atom. The molecule has 2 amide bonds. The number of amides is 2. The summed E-state index contributed by atoms with van der Waals surface area (Å²) in [6, 6.07) is 12.0. The molecular weight excluding hydrogens is 520 g/mol. The molecule has 41 heavy (non-hydrogen) atoms. The Hall–Kier alpha value is -5.15. The summed E-state index contributed by atoms with van der Waals surface area (Å²) in [4.78, 5) is 42.2. The molecule has 1 fully saturated rings. The molecule has 1 aliphatic heterocycles. The summed E-state index contributed by atoms with van der Waals surface area (Å²) in [7, 11) is 3.91. The molecule has 1 unspecified atom stereocenters. The molecule has 1 aromatic carbocycles. The molecule has 5 rings (SSSR count). The predicted molar refractivity (Wildman–Crippen MR) is 155 cm³/mol. The molecule has 1 aliphatic rings. The van der Waals surface area contributed by atoms with Crippen molar-refractivity contribution < 1.29 is 9.59 Å². The standard InChI is InChI=1S/C29H30N10O2/c1-37(2)13-4-6-24(40)38-14-3-5-22(17-38)39-28-25(27(31)33-18-34-28)26(36-39)20-7-9-21(10-8-20)29(41)35-23-15-19(16-30)11-12-32-23/h4,6-12,15,18,22H,3,5,13-14,17H2,1-2H3,(H2,31,33,34)(H,32,35,41). The second kappa shape index (κ2) is 11.9. The van der Waals surface area contributed by atoms with Gasteiger partial charge in [-0.15, -0.1) is 0 Å². The lowest BCUT2D eigenvalue weighted by molar-refractivity contribution is -0.127. The van der Waals surface area contributed by atoms with E-state index in [2.05, 4.69) is 20.3 Å². The van der Waals surface area contributed by atoms with Crippen LogP contribution in [0.25, 0.3) is 22.3 Å². The number of likely N-dealkylation sites (N-methyl/N-ethyl adjacent to an activating group) is 1. The highest BCUT2D eigenvalue weighted by Crippen LogP contribution is 2.34. The van der Waals surface area contributed by atoms with Crippen LogP contribution in [0.4, 0.5) is 11.6 Å². The van der Waals surface area contributed by atoms with E-state index in [0.29, 0.717) is 59.1 Å². The summed E-state index contributed by atoms with van der Waals surface area (Å²) >= 11 is 0. The molecule has 12 heteroatoms. The maximum atomic E-state index is 12.8. The molecule has 4 heterocycles. The van der Waals surface area contributed by atoms with Gasteiger partial charge < -0.3 is 20.9 Å². The lowest BCUT2D eigenvalue weighted by Crippen LogP contribution is -2.40. The molecule has 0 radical (unpaired) electrons. The van der Waals surface area contributed by atoms with Crippen LogP contribution in [0.1, 0.15) is 34.8 Å². The number of aromatic nitrogens is 5. The number of nitrogens with one attached hydrogen (secondary N) is 1. The molecule has 4 aromatic rings. The largest absolute Gasteiger partial charge is 0.383 e. The van der Waals surface area contributed by atoms with Gasteiger partial charge >= 0.3 is 0 Å². The molecule has 0 bridgehead atoms. The number of nitrogen functional groups attached to an aromatic ring is 1.